The summed E-state index contributed by atoms with van der Waals surface area (Å²) >= 11 is 0. The molecule has 34 heavy (non-hydrogen) atoms. The molecule has 3 aliphatic heterocycles. The first-order chi connectivity index (χ1) is 16.5. The Morgan fingerprint density at radius 3 is 2.91 bits per heavy atom. The van der Waals surface area contributed by atoms with Gasteiger partial charge in [0.2, 0.25) is 0 Å². The van der Waals surface area contributed by atoms with E-state index < -0.39 is 0 Å². The van der Waals surface area contributed by atoms with Crippen LogP contribution >= 0.6 is 0 Å². The van der Waals surface area contributed by atoms with Crippen molar-refractivity contribution in [2.45, 2.75) is 51.0 Å². The summed E-state index contributed by atoms with van der Waals surface area (Å²) in [6.07, 6.45) is 7.62. The number of imidazole rings is 1. The van der Waals surface area contributed by atoms with Gasteiger partial charge < -0.3 is 18.9 Å². The van der Waals surface area contributed by atoms with E-state index in [0.717, 1.165) is 42.8 Å². The molecule has 176 valence electrons. The number of ether oxygens (including phenoxy) is 2. The lowest BCUT2D eigenvalue weighted by atomic mass is 9.70. The van der Waals surface area contributed by atoms with E-state index >= 15 is 0 Å². The summed E-state index contributed by atoms with van der Waals surface area (Å²) in [6, 6.07) is 16.2. The monoisotopic (exact) mass is 457 g/mol. The molecule has 0 spiro atoms. The Morgan fingerprint density at radius 1 is 1.18 bits per heavy atom. The predicted molar refractivity (Wildman–Crippen MR) is 129 cm³/mol. The van der Waals surface area contributed by atoms with Crippen LogP contribution in [-0.2, 0) is 11.3 Å². The van der Waals surface area contributed by atoms with Crippen LogP contribution in [0.25, 0.3) is 0 Å². The molecule has 1 amide bonds. The Hall–Kier alpha value is -3.12. The van der Waals surface area contributed by atoms with Crippen molar-refractivity contribution < 1.29 is 14.3 Å². The Kier molecular flexibility index (Phi) is 5.21. The summed E-state index contributed by atoms with van der Waals surface area (Å²) in [4.78, 5) is 19.6. The van der Waals surface area contributed by atoms with Crippen LogP contribution in [0.5, 0.6) is 5.75 Å². The van der Waals surface area contributed by atoms with Crippen molar-refractivity contribution in [3.05, 3.63) is 83.9 Å². The van der Waals surface area contributed by atoms with Crippen LogP contribution in [0.2, 0.25) is 0 Å². The quantitative estimate of drug-likeness (QED) is 0.572. The number of fused-ring (bicyclic) bond motifs is 4. The van der Waals surface area contributed by atoms with Gasteiger partial charge in [-0.2, -0.15) is 0 Å². The number of nitrogens with zero attached hydrogens (tertiary/aromatic N) is 3. The van der Waals surface area contributed by atoms with Gasteiger partial charge in [-0.05, 0) is 50.5 Å². The third-order valence-electron chi connectivity index (χ3n) is 7.78. The van der Waals surface area contributed by atoms with E-state index in [0.29, 0.717) is 12.5 Å². The van der Waals surface area contributed by atoms with E-state index in [1.165, 1.54) is 5.56 Å². The number of hydrogen-bond acceptors (Lipinski definition) is 4. The zero-order chi connectivity index (χ0) is 23.3. The number of amides is 1. The van der Waals surface area contributed by atoms with Crippen LogP contribution in [0.3, 0.4) is 0 Å². The SMILES string of the molecule is CC1(C)Oc2ccccc2[C@@H]2O[C@@H]3CCN(C(=O)c4cccc(Cn5ccnc5)c4)C[C@H]3C[C@H]21. The zero-order valence-corrected chi connectivity index (χ0v) is 19.8. The predicted octanol–water partition coefficient (Wildman–Crippen LogP) is 4.71. The molecule has 2 fully saturated rings. The van der Waals surface area contributed by atoms with Gasteiger partial charge in [0, 0.05) is 55.0 Å². The highest BCUT2D eigenvalue weighted by Gasteiger charge is 2.51. The number of piperidine rings is 1. The molecule has 6 rings (SSSR count). The fourth-order valence-electron chi connectivity index (χ4n) is 6.02. The first-order valence-corrected chi connectivity index (χ1v) is 12.3. The van der Waals surface area contributed by atoms with Gasteiger partial charge >= 0.3 is 0 Å². The molecule has 4 heterocycles. The Labute approximate surface area is 200 Å². The molecule has 6 heteroatoms. The minimum absolute atomic E-state index is 0.0586. The molecule has 0 N–H and O–H groups in total. The second-order valence-corrected chi connectivity index (χ2v) is 10.4. The first-order valence-electron chi connectivity index (χ1n) is 12.3. The van der Waals surface area contributed by atoms with Crippen molar-refractivity contribution in [1.29, 1.82) is 0 Å². The van der Waals surface area contributed by atoms with Crippen molar-refractivity contribution in [3.8, 4) is 5.75 Å². The number of aromatic nitrogens is 2. The van der Waals surface area contributed by atoms with E-state index in [1.807, 2.05) is 46.0 Å². The lowest BCUT2D eigenvalue weighted by Gasteiger charge is -2.53. The van der Waals surface area contributed by atoms with Gasteiger partial charge in [0.1, 0.15) is 11.4 Å². The van der Waals surface area contributed by atoms with E-state index in [-0.39, 0.29) is 29.6 Å². The summed E-state index contributed by atoms with van der Waals surface area (Å²) in [6.45, 7) is 6.50. The van der Waals surface area contributed by atoms with Crippen molar-refractivity contribution in [2.75, 3.05) is 13.1 Å². The van der Waals surface area contributed by atoms with E-state index in [1.54, 1.807) is 12.5 Å². The highest BCUT2D eigenvalue weighted by atomic mass is 16.5. The maximum Gasteiger partial charge on any atom is 0.253 e. The molecular weight excluding hydrogens is 426 g/mol. The lowest BCUT2D eigenvalue weighted by molar-refractivity contribution is -0.184. The van der Waals surface area contributed by atoms with Crippen LogP contribution in [0.15, 0.2) is 67.3 Å². The highest BCUT2D eigenvalue weighted by Crippen LogP contribution is 2.52. The van der Waals surface area contributed by atoms with E-state index in [2.05, 4.69) is 37.0 Å². The summed E-state index contributed by atoms with van der Waals surface area (Å²) in [5.74, 6) is 1.63. The Balaban J connectivity index is 1.18. The molecule has 2 aromatic carbocycles. The van der Waals surface area contributed by atoms with Crippen molar-refractivity contribution >= 4 is 5.91 Å². The number of benzene rings is 2. The van der Waals surface area contributed by atoms with Crippen molar-refractivity contribution in [2.24, 2.45) is 11.8 Å². The topological polar surface area (TPSA) is 56.6 Å². The molecule has 0 aliphatic carbocycles. The minimum atomic E-state index is -0.308. The summed E-state index contributed by atoms with van der Waals surface area (Å²) in [5, 5.41) is 0. The molecular formula is C28H31N3O3. The second kappa shape index (κ2) is 8.27. The molecule has 0 radical (unpaired) electrons. The zero-order valence-electron chi connectivity index (χ0n) is 19.8. The number of carbonyl (C=O) groups is 1. The van der Waals surface area contributed by atoms with Gasteiger partial charge in [-0.15, -0.1) is 0 Å². The number of rotatable bonds is 3. The fraction of sp³-hybridized carbons (Fsp3) is 0.429. The number of carbonyl (C=O) groups excluding carboxylic acids is 1. The molecule has 4 atom stereocenters. The van der Waals surface area contributed by atoms with Crippen LogP contribution < -0.4 is 4.74 Å². The van der Waals surface area contributed by atoms with Gasteiger partial charge in [0.25, 0.3) is 5.91 Å². The standard InChI is InChI=1S/C28H31N3O3/c1-28(2)23-15-21-17-31(12-10-24(21)33-26(23)22-8-3-4-9-25(22)34-28)27(32)20-7-5-6-19(14-20)16-30-13-11-29-18-30/h3-9,11,13-14,18,21,23-24,26H,10,12,15-17H2,1-2H3/t21-,23-,24-,26+/m1/s1. The Bertz CT molecular complexity index is 1190. The van der Waals surface area contributed by atoms with Gasteiger partial charge in [0.15, 0.2) is 0 Å². The molecule has 1 aromatic heterocycles. The maximum atomic E-state index is 13.4. The average Bonchev–Trinajstić information content (AvgIpc) is 3.35. The van der Waals surface area contributed by atoms with Crippen molar-refractivity contribution in [1.82, 2.24) is 14.5 Å². The Morgan fingerprint density at radius 2 is 2.06 bits per heavy atom. The largest absolute Gasteiger partial charge is 0.487 e. The minimum Gasteiger partial charge on any atom is -0.487 e. The number of hydrogen-bond donors (Lipinski definition) is 0. The lowest BCUT2D eigenvalue weighted by Crippen LogP contribution is -2.56. The average molecular weight is 458 g/mol. The van der Waals surface area contributed by atoms with E-state index in [9.17, 15) is 4.79 Å². The van der Waals surface area contributed by atoms with Gasteiger partial charge in [-0.25, -0.2) is 4.98 Å². The maximum absolute atomic E-state index is 13.4. The fourth-order valence-corrected chi connectivity index (χ4v) is 6.02. The molecule has 6 nitrogen and oxygen atoms in total. The van der Waals surface area contributed by atoms with Crippen LogP contribution in [0, 0.1) is 11.8 Å². The summed E-state index contributed by atoms with van der Waals surface area (Å²) < 4.78 is 15.2. The van der Waals surface area contributed by atoms with Crippen LogP contribution in [-0.4, -0.2) is 45.2 Å². The molecule has 0 bridgehead atoms. The highest BCUT2D eigenvalue weighted by molar-refractivity contribution is 5.94. The van der Waals surface area contributed by atoms with Crippen molar-refractivity contribution in [3.63, 3.8) is 0 Å². The van der Waals surface area contributed by atoms with Crippen LogP contribution in [0.4, 0.5) is 0 Å². The molecule has 2 saturated heterocycles. The number of para-hydroxylation sites is 1. The van der Waals surface area contributed by atoms with Gasteiger partial charge in [-0.3, -0.25) is 4.79 Å². The molecule has 3 aromatic rings. The molecule has 0 saturated carbocycles. The summed E-state index contributed by atoms with van der Waals surface area (Å²) in [5.41, 5.74) is 2.71. The van der Waals surface area contributed by atoms with Gasteiger partial charge in [0.05, 0.1) is 18.5 Å². The normalized spacial score (nSPS) is 27.2. The smallest absolute Gasteiger partial charge is 0.253 e. The molecule has 0 unspecified atom stereocenters. The van der Waals surface area contributed by atoms with Gasteiger partial charge in [-0.1, -0.05) is 30.3 Å². The van der Waals surface area contributed by atoms with Crippen LogP contribution in [0.1, 0.15) is 54.3 Å². The number of likely N-dealkylation sites (tertiary alicyclic amines) is 1. The third kappa shape index (κ3) is 3.80. The first kappa shape index (κ1) is 21.4. The molecule has 3 aliphatic rings. The van der Waals surface area contributed by atoms with E-state index in [4.69, 9.17) is 9.47 Å². The third-order valence-corrected chi connectivity index (χ3v) is 7.78. The summed E-state index contributed by atoms with van der Waals surface area (Å²) in [7, 11) is 0. The second-order valence-electron chi connectivity index (χ2n) is 10.4.